The van der Waals surface area contributed by atoms with Crippen LogP contribution < -0.4 is 10.3 Å². The van der Waals surface area contributed by atoms with Gasteiger partial charge >= 0.3 is 5.97 Å². The van der Waals surface area contributed by atoms with Gasteiger partial charge in [-0.2, -0.15) is 0 Å². The van der Waals surface area contributed by atoms with Gasteiger partial charge in [0.1, 0.15) is 5.82 Å². The van der Waals surface area contributed by atoms with E-state index in [1.54, 1.807) is 12.1 Å². The molecule has 25 heavy (non-hydrogen) atoms. The van der Waals surface area contributed by atoms with Crippen LogP contribution in [0.15, 0.2) is 47.3 Å². The van der Waals surface area contributed by atoms with Crippen LogP contribution in [0.3, 0.4) is 0 Å². The summed E-state index contributed by atoms with van der Waals surface area (Å²) < 4.78 is 24.8. The monoisotopic (exact) mass is 359 g/mol. The van der Waals surface area contributed by atoms with Gasteiger partial charge in [0.25, 0.3) is 5.56 Å². The molecule has 0 aliphatic carbocycles. The van der Waals surface area contributed by atoms with Crippen molar-refractivity contribution >= 4 is 32.6 Å². The lowest BCUT2D eigenvalue weighted by Crippen LogP contribution is -2.11. The van der Waals surface area contributed by atoms with Crippen molar-refractivity contribution in [1.29, 1.82) is 0 Å². The van der Waals surface area contributed by atoms with Crippen molar-refractivity contribution in [1.82, 2.24) is 9.97 Å². The van der Waals surface area contributed by atoms with Gasteiger partial charge in [0, 0.05) is 11.3 Å². The van der Waals surface area contributed by atoms with E-state index in [-0.39, 0.29) is 22.3 Å². The Kier molecular flexibility index (Phi) is 4.01. The molecule has 0 unspecified atom stereocenters. The highest BCUT2D eigenvalue weighted by atomic mass is 32.2. The summed E-state index contributed by atoms with van der Waals surface area (Å²) >= 11 is 0. The van der Waals surface area contributed by atoms with E-state index in [4.69, 9.17) is 5.11 Å². The van der Waals surface area contributed by atoms with Gasteiger partial charge in [-0.25, -0.2) is 18.2 Å². The van der Waals surface area contributed by atoms with Crippen molar-refractivity contribution in [3.63, 3.8) is 0 Å². The number of H-pyrrole nitrogens is 1. The lowest BCUT2D eigenvalue weighted by atomic mass is 10.1. The van der Waals surface area contributed by atoms with Gasteiger partial charge < -0.3 is 10.1 Å². The molecule has 0 saturated carbocycles. The second-order valence-electron chi connectivity index (χ2n) is 5.40. The Bertz CT molecular complexity index is 1130. The zero-order valence-electron chi connectivity index (χ0n) is 13.0. The first-order valence-corrected chi connectivity index (χ1v) is 8.98. The average molecular weight is 359 g/mol. The summed E-state index contributed by atoms with van der Waals surface area (Å²) in [7, 11) is -3.38. The second kappa shape index (κ2) is 6.02. The quantitative estimate of drug-likeness (QED) is 0.650. The van der Waals surface area contributed by atoms with Gasteiger partial charge in [-0.3, -0.25) is 9.52 Å². The van der Waals surface area contributed by atoms with Crippen molar-refractivity contribution in [2.24, 2.45) is 0 Å². The molecule has 3 rings (SSSR count). The number of sulfonamides is 1. The lowest BCUT2D eigenvalue weighted by Gasteiger charge is -2.06. The summed E-state index contributed by atoms with van der Waals surface area (Å²) in [5, 5.41) is 9.34. The topological polar surface area (TPSA) is 129 Å². The van der Waals surface area contributed by atoms with Crippen LogP contribution in [0.2, 0.25) is 0 Å². The number of rotatable bonds is 4. The van der Waals surface area contributed by atoms with Crippen molar-refractivity contribution < 1.29 is 18.3 Å². The van der Waals surface area contributed by atoms with Crippen molar-refractivity contribution in [3.8, 4) is 11.4 Å². The van der Waals surface area contributed by atoms with E-state index in [9.17, 15) is 18.0 Å². The Morgan fingerprint density at radius 1 is 1.16 bits per heavy atom. The molecule has 8 nitrogen and oxygen atoms in total. The van der Waals surface area contributed by atoms with Gasteiger partial charge in [-0.15, -0.1) is 0 Å². The largest absolute Gasteiger partial charge is 0.478 e. The average Bonchev–Trinajstić information content (AvgIpc) is 2.53. The zero-order chi connectivity index (χ0) is 18.2. The number of carboxylic acid groups (broad SMARTS) is 1. The fourth-order valence-corrected chi connectivity index (χ4v) is 2.88. The number of hydrogen-bond acceptors (Lipinski definition) is 5. The highest BCUT2D eigenvalue weighted by Crippen LogP contribution is 2.20. The molecular formula is C16H13N3O5S. The van der Waals surface area contributed by atoms with Crippen LogP contribution in [0.25, 0.3) is 22.3 Å². The Morgan fingerprint density at radius 2 is 1.84 bits per heavy atom. The maximum Gasteiger partial charge on any atom is 0.335 e. The van der Waals surface area contributed by atoms with Crippen LogP contribution >= 0.6 is 0 Å². The molecule has 1 heterocycles. The zero-order valence-corrected chi connectivity index (χ0v) is 13.8. The number of hydrogen-bond donors (Lipinski definition) is 3. The minimum atomic E-state index is -3.38. The number of aromatic carboxylic acids is 1. The Labute approximate surface area is 142 Å². The molecule has 0 aliphatic heterocycles. The molecule has 0 saturated heterocycles. The number of nitrogens with one attached hydrogen (secondary N) is 2. The molecule has 0 aliphatic rings. The lowest BCUT2D eigenvalue weighted by molar-refractivity contribution is 0.0697. The van der Waals surface area contributed by atoms with Crippen LogP contribution in [0, 0.1) is 0 Å². The van der Waals surface area contributed by atoms with Crippen LogP contribution in [-0.2, 0) is 10.0 Å². The Balaban J connectivity index is 2.06. The summed E-state index contributed by atoms with van der Waals surface area (Å²) in [6.07, 6.45) is 1.04. The summed E-state index contributed by atoms with van der Waals surface area (Å²) in [5.74, 6) is -0.854. The van der Waals surface area contributed by atoms with Crippen molar-refractivity contribution in [3.05, 3.63) is 58.4 Å². The third-order valence-corrected chi connectivity index (χ3v) is 4.02. The van der Waals surface area contributed by atoms with E-state index in [1.807, 2.05) is 0 Å². The minimum Gasteiger partial charge on any atom is -0.478 e. The minimum absolute atomic E-state index is 0.0317. The molecule has 1 aromatic heterocycles. The van der Waals surface area contributed by atoms with E-state index >= 15 is 0 Å². The number of nitrogens with zero attached hydrogens (tertiary/aromatic N) is 1. The molecule has 0 atom stereocenters. The normalized spacial score (nSPS) is 11.4. The van der Waals surface area contributed by atoms with E-state index < -0.39 is 21.6 Å². The summed E-state index contributed by atoms with van der Waals surface area (Å²) in [6.45, 7) is 0. The van der Waals surface area contributed by atoms with Gasteiger partial charge in [-0.1, -0.05) is 0 Å². The summed E-state index contributed by atoms with van der Waals surface area (Å²) in [6, 6.07) is 10.3. The third kappa shape index (κ3) is 3.66. The van der Waals surface area contributed by atoms with Crippen LogP contribution in [0.4, 0.5) is 5.69 Å². The molecule has 0 radical (unpaired) electrons. The SMILES string of the molecule is CS(=O)(=O)Nc1ccc(-c2nc3cc(C(=O)O)ccc3c(=O)[nH]2)cc1. The molecule has 0 amide bonds. The maximum absolute atomic E-state index is 12.2. The van der Waals surface area contributed by atoms with Crippen LogP contribution in [-0.4, -0.2) is 35.7 Å². The summed E-state index contributed by atoms with van der Waals surface area (Å²) in [4.78, 5) is 30.2. The number of aromatic nitrogens is 2. The van der Waals surface area contributed by atoms with Gasteiger partial charge in [0.15, 0.2) is 0 Å². The Hall–Kier alpha value is -3.20. The smallest absolute Gasteiger partial charge is 0.335 e. The van der Waals surface area contributed by atoms with Gasteiger partial charge in [-0.05, 0) is 42.5 Å². The number of benzene rings is 2. The fraction of sp³-hybridized carbons (Fsp3) is 0.0625. The van der Waals surface area contributed by atoms with Gasteiger partial charge in [0.2, 0.25) is 10.0 Å². The maximum atomic E-state index is 12.2. The molecule has 128 valence electrons. The third-order valence-electron chi connectivity index (χ3n) is 3.42. The molecule has 0 fully saturated rings. The molecule has 2 aromatic carbocycles. The highest BCUT2D eigenvalue weighted by Gasteiger charge is 2.10. The predicted octanol–water partition coefficient (Wildman–Crippen LogP) is 1.66. The standard InChI is InChI=1S/C16H13N3O5S/c1-25(23,24)19-11-5-2-9(3-6-11)14-17-13-8-10(16(21)22)4-7-12(13)15(20)18-14/h2-8,19H,1H3,(H,21,22)(H,17,18,20). The number of carboxylic acids is 1. The number of carbonyl (C=O) groups is 1. The van der Waals surface area contributed by atoms with E-state index in [1.165, 1.54) is 30.3 Å². The van der Waals surface area contributed by atoms with E-state index in [0.717, 1.165) is 6.26 Å². The molecule has 3 N–H and O–H groups in total. The number of aromatic amines is 1. The molecule has 0 spiro atoms. The van der Waals surface area contributed by atoms with Crippen LogP contribution in [0.1, 0.15) is 10.4 Å². The van der Waals surface area contributed by atoms with Crippen molar-refractivity contribution in [2.75, 3.05) is 11.0 Å². The first kappa shape index (κ1) is 16.7. The van der Waals surface area contributed by atoms with E-state index in [2.05, 4.69) is 14.7 Å². The predicted molar refractivity (Wildman–Crippen MR) is 93.2 cm³/mol. The summed E-state index contributed by atoms with van der Waals surface area (Å²) in [5.41, 5.74) is 0.831. The molecular weight excluding hydrogens is 346 g/mol. The molecule has 3 aromatic rings. The number of fused-ring (bicyclic) bond motifs is 1. The van der Waals surface area contributed by atoms with Crippen LogP contribution in [0.5, 0.6) is 0 Å². The first-order chi connectivity index (χ1) is 11.7. The molecule has 0 bridgehead atoms. The Morgan fingerprint density at radius 3 is 2.44 bits per heavy atom. The van der Waals surface area contributed by atoms with E-state index in [0.29, 0.717) is 11.3 Å². The van der Waals surface area contributed by atoms with Crippen molar-refractivity contribution in [2.45, 2.75) is 0 Å². The number of anilines is 1. The second-order valence-corrected chi connectivity index (χ2v) is 7.15. The molecule has 9 heteroatoms. The first-order valence-electron chi connectivity index (χ1n) is 7.08. The fourth-order valence-electron chi connectivity index (χ4n) is 2.32. The highest BCUT2D eigenvalue weighted by molar-refractivity contribution is 7.92. The van der Waals surface area contributed by atoms with Gasteiger partial charge in [0.05, 0.1) is 22.7 Å².